The molecule has 1 saturated heterocycles. The van der Waals surface area contributed by atoms with Crippen molar-refractivity contribution in [1.29, 1.82) is 0 Å². The van der Waals surface area contributed by atoms with Gasteiger partial charge in [-0.2, -0.15) is 24.9 Å². The SMILES string of the molecule is CC1(C)CN(c2ccc(CO)cc2C(F)(F)F)CCS1. The molecule has 0 bridgehead atoms. The average Bonchev–Trinajstić information content (AvgIpc) is 2.35. The van der Waals surface area contributed by atoms with E-state index in [1.54, 1.807) is 22.7 Å². The monoisotopic (exact) mass is 305 g/mol. The van der Waals surface area contributed by atoms with Crippen LogP contribution < -0.4 is 4.90 Å². The Labute approximate surface area is 121 Å². The van der Waals surface area contributed by atoms with E-state index in [4.69, 9.17) is 5.11 Å². The zero-order valence-corrected chi connectivity index (χ0v) is 12.3. The first kappa shape index (κ1) is 15.5. The van der Waals surface area contributed by atoms with E-state index in [0.29, 0.717) is 13.1 Å². The van der Waals surface area contributed by atoms with Gasteiger partial charge in [0.2, 0.25) is 0 Å². The molecule has 1 aliphatic rings. The van der Waals surface area contributed by atoms with E-state index in [0.717, 1.165) is 11.8 Å². The number of thioether (sulfide) groups is 1. The van der Waals surface area contributed by atoms with E-state index in [1.807, 2.05) is 13.8 Å². The van der Waals surface area contributed by atoms with Gasteiger partial charge in [-0.1, -0.05) is 6.07 Å². The van der Waals surface area contributed by atoms with Crippen molar-refractivity contribution < 1.29 is 18.3 Å². The maximum absolute atomic E-state index is 13.2. The Morgan fingerprint density at radius 1 is 1.35 bits per heavy atom. The van der Waals surface area contributed by atoms with Gasteiger partial charge < -0.3 is 10.0 Å². The van der Waals surface area contributed by atoms with Gasteiger partial charge in [0, 0.05) is 29.3 Å². The van der Waals surface area contributed by atoms with Gasteiger partial charge >= 0.3 is 6.18 Å². The number of nitrogens with zero attached hydrogens (tertiary/aromatic N) is 1. The lowest BCUT2D eigenvalue weighted by atomic mass is 10.1. The van der Waals surface area contributed by atoms with Gasteiger partial charge in [-0.25, -0.2) is 0 Å². The molecule has 1 fully saturated rings. The summed E-state index contributed by atoms with van der Waals surface area (Å²) in [6, 6.07) is 4.07. The molecule has 0 atom stereocenters. The van der Waals surface area contributed by atoms with E-state index < -0.39 is 11.7 Å². The topological polar surface area (TPSA) is 23.5 Å². The summed E-state index contributed by atoms with van der Waals surface area (Å²) in [4.78, 5) is 1.79. The van der Waals surface area contributed by atoms with Crippen LogP contribution in [0.5, 0.6) is 0 Å². The second-order valence-corrected chi connectivity index (χ2v) is 7.34. The zero-order chi connectivity index (χ0) is 15.0. The van der Waals surface area contributed by atoms with E-state index in [2.05, 4.69) is 0 Å². The summed E-state index contributed by atoms with van der Waals surface area (Å²) < 4.78 is 39.5. The lowest BCUT2D eigenvalue weighted by Crippen LogP contribution is -2.43. The number of alkyl halides is 3. The predicted octanol–water partition coefficient (Wildman–Crippen LogP) is 3.53. The van der Waals surface area contributed by atoms with Crippen molar-refractivity contribution >= 4 is 17.4 Å². The van der Waals surface area contributed by atoms with E-state index in [9.17, 15) is 13.2 Å². The van der Waals surface area contributed by atoms with Crippen molar-refractivity contribution in [2.75, 3.05) is 23.7 Å². The molecule has 0 unspecified atom stereocenters. The second-order valence-electron chi connectivity index (χ2n) is 5.54. The Bertz CT molecular complexity index is 488. The van der Waals surface area contributed by atoms with E-state index in [-0.39, 0.29) is 22.6 Å². The highest BCUT2D eigenvalue weighted by molar-refractivity contribution is 8.00. The minimum Gasteiger partial charge on any atom is -0.392 e. The Kier molecular flexibility index (Phi) is 4.25. The average molecular weight is 305 g/mol. The molecule has 1 aromatic carbocycles. The van der Waals surface area contributed by atoms with Crippen molar-refractivity contribution in [1.82, 2.24) is 0 Å². The van der Waals surface area contributed by atoms with E-state index >= 15 is 0 Å². The summed E-state index contributed by atoms with van der Waals surface area (Å²) in [6.07, 6.45) is -4.41. The van der Waals surface area contributed by atoms with Crippen molar-refractivity contribution in [2.24, 2.45) is 0 Å². The molecule has 20 heavy (non-hydrogen) atoms. The van der Waals surface area contributed by atoms with E-state index in [1.165, 1.54) is 6.07 Å². The minimum atomic E-state index is -4.41. The molecular weight excluding hydrogens is 287 g/mol. The number of anilines is 1. The molecule has 0 aromatic heterocycles. The Hall–Kier alpha value is -0.880. The Morgan fingerprint density at radius 2 is 2.05 bits per heavy atom. The number of aliphatic hydroxyl groups excluding tert-OH is 1. The van der Waals surface area contributed by atoms with Gasteiger partial charge in [0.25, 0.3) is 0 Å². The zero-order valence-electron chi connectivity index (χ0n) is 11.5. The van der Waals surface area contributed by atoms with Crippen molar-refractivity contribution in [3.63, 3.8) is 0 Å². The molecular formula is C14H18F3NOS. The van der Waals surface area contributed by atoms with Crippen LogP contribution in [0.3, 0.4) is 0 Å². The van der Waals surface area contributed by atoms with Crippen molar-refractivity contribution in [2.45, 2.75) is 31.4 Å². The van der Waals surface area contributed by atoms with Crippen LogP contribution in [0.2, 0.25) is 0 Å². The molecule has 2 rings (SSSR count). The fourth-order valence-electron chi connectivity index (χ4n) is 2.41. The second kappa shape index (κ2) is 5.48. The molecule has 0 amide bonds. The molecule has 0 aliphatic carbocycles. The highest BCUT2D eigenvalue weighted by atomic mass is 32.2. The Morgan fingerprint density at radius 3 is 2.60 bits per heavy atom. The summed E-state index contributed by atoms with van der Waals surface area (Å²) in [6.45, 7) is 4.89. The maximum atomic E-state index is 13.2. The highest BCUT2D eigenvalue weighted by Gasteiger charge is 2.37. The first-order valence-corrected chi connectivity index (χ1v) is 7.41. The van der Waals surface area contributed by atoms with Gasteiger partial charge in [-0.15, -0.1) is 0 Å². The number of benzene rings is 1. The third kappa shape index (κ3) is 3.41. The standard InChI is InChI=1S/C14H18F3NOS/c1-13(2)9-18(5-6-20-13)12-4-3-10(8-19)7-11(12)14(15,16)17/h3-4,7,19H,5-6,8-9H2,1-2H3. The summed E-state index contributed by atoms with van der Waals surface area (Å²) in [7, 11) is 0. The quantitative estimate of drug-likeness (QED) is 0.904. The van der Waals surface area contributed by atoms with Gasteiger partial charge in [-0.05, 0) is 31.5 Å². The van der Waals surface area contributed by atoms with Gasteiger partial charge in [0.05, 0.1) is 12.2 Å². The van der Waals surface area contributed by atoms with Crippen LogP contribution in [0.15, 0.2) is 18.2 Å². The molecule has 1 heterocycles. The van der Waals surface area contributed by atoms with Crippen LogP contribution in [-0.2, 0) is 12.8 Å². The number of rotatable bonds is 2. The summed E-state index contributed by atoms with van der Waals surface area (Å²) in [5, 5.41) is 9.03. The molecule has 0 saturated carbocycles. The molecule has 0 radical (unpaired) electrons. The molecule has 1 aromatic rings. The number of aliphatic hydroxyl groups is 1. The first-order valence-electron chi connectivity index (χ1n) is 6.43. The molecule has 0 spiro atoms. The molecule has 112 valence electrons. The van der Waals surface area contributed by atoms with Crippen molar-refractivity contribution in [3.05, 3.63) is 29.3 Å². The van der Waals surface area contributed by atoms with Gasteiger partial charge in [-0.3, -0.25) is 0 Å². The third-order valence-electron chi connectivity index (χ3n) is 3.32. The lowest BCUT2D eigenvalue weighted by molar-refractivity contribution is -0.137. The van der Waals surface area contributed by atoms with Crippen LogP contribution in [0.25, 0.3) is 0 Å². The summed E-state index contributed by atoms with van der Waals surface area (Å²) in [5.41, 5.74) is -0.165. The summed E-state index contributed by atoms with van der Waals surface area (Å²) >= 11 is 1.78. The highest BCUT2D eigenvalue weighted by Crippen LogP contribution is 2.40. The number of hydrogen-bond acceptors (Lipinski definition) is 3. The third-order valence-corrected chi connectivity index (χ3v) is 4.61. The van der Waals surface area contributed by atoms with Crippen molar-refractivity contribution in [3.8, 4) is 0 Å². The fraction of sp³-hybridized carbons (Fsp3) is 0.571. The van der Waals surface area contributed by atoms with Crippen LogP contribution in [0, 0.1) is 0 Å². The van der Waals surface area contributed by atoms with Crippen LogP contribution >= 0.6 is 11.8 Å². The number of halogens is 3. The smallest absolute Gasteiger partial charge is 0.392 e. The number of hydrogen-bond donors (Lipinski definition) is 1. The molecule has 1 N–H and O–H groups in total. The van der Waals surface area contributed by atoms with Crippen LogP contribution in [-0.4, -0.2) is 28.7 Å². The minimum absolute atomic E-state index is 0.0588. The van der Waals surface area contributed by atoms with Crippen LogP contribution in [0.4, 0.5) is 18.9 Å². The molecule has 6 heteroatoms. The molecule has 1 aliphatic heterocycles. The van der Waals surface area contributed by atoms with Gasteiger partial charge in [0.15, 0.2) is 0 Å². The molecule has 2 nitrogen and oxygen atoms in total. The Balaban J connectivity index is 2.40. The lowest BCUT2D eigenvalue weighted by Gasteiger charge is -2.40. The van der Waals surface area contributed by atoms with Crippen LogP contribution in [0.1, 0.15) is 25.0 Å². The van der Waals surface area contributed by atoms with Gasteiger partial charge in [0.1, 0.15) is 0 Å². The first-order chi connectivity index (χ1) is 9.23. The normalized spacial score (nSPS) is 19.2. The maximum Gasteiger partial charge on any atom is 0.418 e. The largest absolute Gasteiger partial charge is 0.418 e. The fourth-order valence-corrected chi connectivity index (χ4v) is 3.52. The summed E-state index contributed by atoms with van der Waals surface area (Å²) in [5.74, 6) is 0.812. The predicted molar refractivity (Wildman–Crippen MR) is 76.1 cm³/mol.